The molecule has 132 valence electrons. The maximum atomic E-state index is 13.7. The molecule has 0 saturated carbocycles. The van der Waals surface area contributed by atoms with Crippen LogP contribution in [0.3, 0.4) is 0 Å². The van der Waals surface area contributed by atoms with Crippen LogP contribution in [0.5, 0.6) is 0 Å². The van der Waals surface area contributed by atoms with E-state index in [1.165, 1.54) is 6.07 Å². The number of rotatable bonds is 3. The first-order valence-corrected chi connectivity index (χ1v) is 9.02. The molecule has 2 atom stereocenters. The van der Waals surface area contributed by atoms with E-state index in [0.29, 0.717) is 18.6 Å². The monoisotopic (exact) mass is 341 g/mol. The van der Waals surface area contributed by atoms with Gasteiger partial charge in [0.2, 0.25) is 0 Å². The van der Waals surface area contributed by atoms with Gasteiger partial charge in [0.05, 0.1) is 18.9 Å². The predicted molar refractivity (Wildman–Crippen MR) is 96.0 cm³/mol. The van der Waals surface area contributed by atoms with E-state index < -0.39 is 0 Å². The minimum Gasteiger partial charge on any atom is -0.379 e. The van der Waals surface area contributed by atoms with Crippen molar-refractivity contribution in [1.82, 2.24) is 9.88 Å². The van der Waals surface area contributed by atoms with Crippen molar-refractivity contribution in [3.8, 4) is 0 Å². The van der Waals surface area contributed by atoms with Crippen LogP contribution in [0.1, 0.15) is 12.1 Å². The van der Waals surface area contributed by atoms with Crippen molar-refractivity contribution < 1.29 is 9.13 Å². The molecular weight excluding hydrogens is 317 g/mol. The number of aromatic nitrogens is 1. The SMILES string of the molecule is Fc1cccc(N2CCOC[C@H]3CN(Cc4ccccn4)CC[C@@H]32)c1. The van der Waals surface area contributed by atoms with Crippen molar-refractivity contribution in [3.63, 3.8) is 0 Å². The molecule has 2 saturated heterocycles. The van der Waals surface area contributed by atoms with Crippen molar-refractivity contribution in [2.45, 2.75) is 19.0 Å². The van der Waals surface area contributed by atoms with Gasteiger partial charge in [-0.3, -0.25) is 9.88 Å². The summed E-state index contributed by atoms with van der Waals surface area (Å²) < 4.78 is 19.5. The molecule has 0 radical (unpaired) electrons. The second-order valence-electron chi connectivity index (χ2n) is 6.92. The molecule has 1 aromatic carbocycles. The summed E-state index contributed by atoms with van der Waals surface area (Å²) in [5, 5.41) is 0. The molecule has 4 rings (SSSR count). The fraction of sp³-hybridized carbons (Fsp3) is 0.450. The van der Waals surface area contributed by atoms with Gasteiger partial charge in [0, 0.05) is 50.0 Å². The van der Waals surface area contributed by atoms with Crippen molar-refractivity contribution in [3.05, 3.63) is 60.2 Å². The molecule has 2 fully saturated rings. The molecule has 3 heterocycles. The van der Waals surface area contributed by atoms with Gasteiger partial charge in [0.15, 0.2) is 0 Å². The number of hydrogen-bond acceptors (Lipinski definition) is 4. The van der Waals surface area contributed by atoms with Crippen molar-refractivity contribution in [1.29, 1.82) is 0 Å². The molecule has 0 unspecified atom stereocenters. The van der Waals surface area contributed by atoms with E-state index in [0.717, 1.165) is 50.6 Å². The number of piperidine rings is 1. The van der Waals surface area contributed by atoms with E-state index in [1.807, 2.05) is 24.4 Å². The van der Waals surface area contributed by atoms with Gasteiger partial charge in [-0.2, -0.15) is 0 Å². The zero-order valence-corrected chi connectivity index (χ0v) is 14.4. The molecular formula is C20H24FN3O. The lowest BCUT2D eigenvalue weighted by Crippen LogP contribution is -2.51. The van der Waals surface area contributed by atoms with Crippen molar-refractivity contribution >= 4 is 5.69 Å². The quantitative estimate of drug-likeness (QED) is 0.858. The van der Waals surface area contributed by atoms with Crippen LogP contribution in [0.2, 0.25) is 0 Å². The van der Waals surface area contributed by atoms with Crippen LogP contribution in [0.15, 0.2) is 48.7 Å². The zero-order valence-electron chi connectivity index (χ0n) is 14.4. The Hall–Kier alpha value is -1.98. The Morgan fingerprint density at radius 2 is 2.12 bits per heavy atom. The van der Waals surface area contributed by atoms with Crippen LogP contribution in [0.25, 0.3) is 0 Å². The summed E-state index contributed by atoms with van der Waals surface area (Å²) in [7, 11) is 0. The van der Waals surface area contributed by atoms with Gasteiger partial charge in [0.1, 0.15) is 5.82 Å². The number of benzene rings is 1. The highest BCUT2D eigenvalue weighted by molar-refractivity contribution is 5.48. The highest BCUT2D eigenvalue weighted by atomic mass is 19.1. The second-order valence-corrected chi connectivity index (χ2v) is 6.92. The van der Waals surface area contributed by atoms with Gasteiger partial charge in [0.25, 0.3) is 0 Å². The van der Waals surface area contributed by atoms with E-state index in [2.05, 4.69) is 20.9 Å². The number of ether oxygens (including phenoxy) is 1. The number of pyridine rings is 1. The Labute approximate surface area is 148 Å². The maximum absolute atomic E-state index is 13.7. The molecule has 0 aliphatic carbocycles. The smallest absolute Gasteiger partial charge is 0.125 e. The Bertz CT molecular complexity index is 696. The summed E-state index contributed by atoms with van der Waals surface area (Å²) in [4.78, 5) is 9.25. The van der Waals surface area contributed by atoms with Crippen LogP contribution < -0.4 is 4.90 Å². The van der Waals surface area contributed by atoms with Gasteiger partial charge < -0.3 is 9.64 Å². The van der Waals surface area contributed by atoms with Crippen molar-refractivity contribution in [2.24, 2.45) is 5.92 Å². The Balaban J connectivity index is 1.48. The molecule has 0 bridgehead atoms. The Morgan fingerprint density at radius 1 is 1.16 bits per heavy atom. The third kappa shape index (κ3) is 3.83. The summed E-state index contributed by atoms with van der Waals surface area (Å²) >= 11 is 0. The van der Waals surface area contributed by atoms with E-state index in [1.54, 1.807) is 12.1 Å². The van der Waals surface area contributed by atoms with Crippen LogP contribution in [-0.4, -0.2) is 48.8 Å². The Morgan fingerprint density at radius 3 is 2.96 bits per heavy atom. The molecule has 25 heavy (non-hydrogen) atoms. The summed E-state index contributed by atoms with van der Waals surface area (Å²) in [6.07, 6.45) is 2.92. The minimum atomic E-state index is -0.174. The largest absolute Gasteiger partial charge is 0.379 e. The molecule has 2 aliphatic heterocycles. The lowest BCUT2D eigenvalue weighted by molar-refractivity contribution is 0.0704. The summed E-state index contributed by atoms with van der Waals surface area (Å²) in [6, 6.07) is 13.4. The topological polar surface area (TPSA) is 28.6 Å². The van der Waals surface area contributed by atoms with Crippen LogP contribution in [-0.2, 0) is 11.3 Å². The molecule has 0 spiro atoms. The number of hydrogen-bond donors (Lipinski definition) is 0. The highest BCUT2D eigenvalue weighted by Crippen LogP contribution is 2.30. The van der Waals surface area contributed by atoms with E-state index in [4.69, 9.17) is 4.74 Å². The molecule has 2 aromatic rings. The van der Waals surface area contributed by atoms with Crippen LogP contribution in [0, 0.1) is 11.7 Å². The van der Waals surface area contributed by atoms with Gasteiger partial charge in [-0.05, 0) is 36.8 Å². The molecule has 2 aliphatic rings. The molecule has 0 N–H and O–H groups in total. The van der Waals surface area contributed by atoms with Gasteiger partial charge in [-0.1, -0.05) is 12.1 Å². The van der Waals surface area contributed by atoms with Gasteiger partial charge in [-0.25, -0.2) is 4.39 Å². The average Bonchev–Trinajstić information content (AvgIpc) is 2.84. The second kappa shape index (κ2) is 7.50. The molecule has 4 nitrogen and oxygen atoms in total. The number of halogens is 1. The van der Waals surface area contributed by atoms with E-state index in [9.17, 15) is 4.39 Å². The standard InChI is InChI=1S/C20H24FN3O/c21-17-4-3-6-19(12-17)24-10-11-25-15-16-13-23(9-7-20(16)24)14-18-5-1-2-8-22-18/h1-6,8,12,16,20H,7,9-11,13-15H2/t16-,20+/m1/s1. The molecule has 5 heteroatoms. The average molecular weight is 341 g/mol. The first-order valence-electron chi connectivity index (χ1n) is 9.02. The first-order chi connectivity index (χ1) is 12.3. The third-order valence-corrected chi connectivity index (χ3v) is 5.24. The van der Waals surface area contributed by atoms with Gasteiger partial charge >= 0.3 is 0 Å². The normalized spacial score (nSPS) is 24.6. The third-order valence-electron chi connectivity index (χ3n) is 5.24. The zero-order chi connectivity index (χ0) is 17.1. The Kier molecular flexibility index (Phi) is 4.95. The van der Waals surface area contributed by atoms with Crippen LogP contribution in [0.4, 0.5) is 10.1 Å². The van der Waals surface area contributed by atoms with E-state index >= 15 is 0 Å². The molecule has 0 amide bonds. The maximum Gasteiger partial charge on any atom is 0.125 e. The fourth-order valence-electron chi connectivity index (χ4n) is 4.07. The summed E-state index contributed by atoms with van der Waals surface area (Å²) in [5.41, 5.74) is 2.08. The number of likely N-dealkylation sites (tertiary alicyclic amines) is 1. The number of anilines is 1. The fourth-order valence-corrected chi connectivity index (χ4v) is 4.07. The predicted octanol–water partition coefficient (Wildman–Crippen LogP) is 2.95. The van der Waals surface area contributed by atoms with Crippen molar-refractivity contribution in [2.75, 3.05) is 37.7 Å². The first kappa shape index (κ1) is 16.5. The highest BCUT2D eigenvalue weighted by Gasteiger charge is 2.35. The number of fused-ring (bicyclic) bond motifs is 1. The van der Waals surface area contributed by atoms with Crippen LogP contribution >= 0.6 is 0 Å². The molecule has 1 aromatic heterocycles. The number of nitrogens with zero attached hydrogens (tertiary/aromatic N) is 3. The minimum absolute atomic E-state index is 0.174. The summed E-state index contributed by atoms with van der Waals surface area (Å²) in [5.74, 6) is 0.259. The lowest BCUT2D eigenvalue weighted by Gasteiger charge is -2.43. The van der Waals surface area contributed by atoms with E-state index in [-0.39, 0.29) is 5.82 Å². The van der Waals surface area contributed by atoms with Gasteiger partial charge in [-0.15, -0.1) is 0 Å². The summed E-state index contributed by atoms with van der Waals surface area (Å²) in [6.45, 7) is 5.20. The lowest BCUT2D eigenvalue weighted by atomic mass is 9.91.